The van der Waals surface area contributed by atoms with Crippen molar-refractivity contribution in [3.8, 4) is 0 Å². The van der Waals surface area contributed by atoms with Crippen LogP contribution < -0.4 is 5.32 Å². The van der Waals surface area contributed by atoms with Gasteiger partial charge in [0.05, 0.1) is 0 Å². The highest BCUT2D eigenvalue weighted by Gasteiger charge is 2.36. The SMILES string of the molecule is CNc1nc(C(=O)N2CCCC2(C)C)cc2ccccc12. The van der Waals surface area contributed by atoms with Gasteiger partial charge in [0.2, 0.25) is 0 Å². The Kier molecular flexibility index (Phi) is 3.32. The summed E-state index contributed by atoms with van der Waals surface area (Å²) in [7, 11) is 1.84. The molecule has 0 spiro atoms. The quantitative estimate of drug-likeness (QED) is 0.920. The van der Waals surface area contributed by atoms with Crippen LogP contribution in [-0.4, -0.2) is 34.9 Å². The third kappa shape index (κ3) is 2.35. The van der Waals surface area contributed by atoms with E-state index in [-0.39, 0.29) is 11.4 Å². The van der Waals surface area contributed by atoms with E-state index in [9.17, 15) is 4.79 Å². The summed E-state index contributed by atoms with van der Waals surface area (Å²) in [5.41, 5.74) is 0.442. The summed E-state index contributed by atoms with van der Waals surface area (Å²) in [5, 5.41) is 5.17. The summed E-state index contributed by atoms with van der Waals surface area (Å²) in [6.45, 7) is 5.06. The Morgan fingerprint density at radius 2 is 2.10 bits per heavy atom. The number of amides is 1. The van der Waals surface area contributed by atoms with Crippen LogP contribution in [0.1, 0.15) is 37.2 Å². The van der Waals surface area contributed by atoms with E-state index < -0.39 is 0 Å². The molecule has 1 aromatic heterocycles. The van der Waals surface area contributed by atoms with Gasteiger partial charge in [0, 0.05) is 24.5 Å². The lowest BCUT2D eigenvalue weighted by Crippen LogP contribution is -2.43. The fourth-order valence-corrected chi connectivity index (χ4v) is 3.12. The molecule has 2 heterocycles. The van der Waals surface area contributed by atoms with Crippen LogP contribution in [0.15, 0.2) is 30.3 Å². The molecule has 2 aromatic rings. The van der Waals surface area contributed by atoms with Crippen molar-refractivity contribution >= 4 is 22.5 Å². The topological polar surface area (TPSA) is 45.2 Å². The predicted octanol–water partition coefficient (Wildman–Crippen LogP) is 3.29. The van der Waals surface area contributed by atoms with E-state index in [0.717, 1.165) is 36.0 Å². The molecule has 1 fully saturated rings. The van der Waals surface area contributed by atoms with Crippen LogP contribution >= 0.6 is 0 Å². The molecule has 4 heteroatoms. The van der Waals surface area contributed by atoms with E-state index in [2.05, 4.69) is 24.1 Å². The maximum absolute atomic E-state index is 12.8. The first kappa shape index (κ1) is 13.9. The van der Waals surface area contributed by atoms with Crippen molar-refractivity contribution in [1.29, 1.82) is 0 Å². The average Bonchev–Trinajstić information content (AvgIpc) is 2.84. The van der Waals surface area contributed by atoms with Crippen molar-refractivity contribution < 1.29 is 4.79 Å². The number of nitrogens with zero attached hydrogens (tertiary/aromatic N) is 2. The third-order valence-electron chi connectivity index (χ3n) is 4.34. The summed E-state index contributed by atoms with van der Waals surface area (Å²) in [6, 6.07) is 9.89. The van der Waals surface area contributed by atoms with Crippen molar-refractivity contribution in [2.75, 3.05) is 18.9 Å². The fraction of sp³-hybridized carbons (Fsp3) is 0.412. The first-order chi connectivity index (χ1) is 10.0. The largest absolute Gasteiger partial charge is 0.373 e. The Bertz CT molecular complexity index is 693. The molecule has 0 aliphatic carbocycles. The molecule has 1 N–H and O–H groups in total. The van der Waals surface area contributed by atoms with E-state index in [1.54, 1.807) is 0 Å². The maximum Gasteiger partial charge on any atom is 0.273 e. The van der Waals surface area contributed by atoms with Crippen LogP contribution in [0.5, 0.6) is 0 Å². The number of nitrogens with one attached hydrogen (secondary N) is 1. The van der Waals surface area contributed by atoms with E-state index >= 15 is 0 Å². The summed E-state index contributed by atoms with van der Waals surface area (Å²) in [4.78, 5) is 19.3. The number of rotatable bonds is 2. The molecule has 1 aliphatic heterocycles. The Morgan fingerprint density at radius 3 is 2.76 bits per heavy atom. The predicted molar refractivity (Wildman–Crippen MR) is 85.6 cm³/mol. The standard InChI is InChI=1S/C17H21N3O/c1-17(2)9-6-10-20(17)16(21)14-11-12-7-4-5-8-13(12)15(18-3)19-14/h4-5,7-8,11H,6,9-10H2,1-3H3,(H,18,19). The van der Waals surface area contributed by atoms with Crippen LogP contribution in [0.3, 0.4) is 0 Å². The number of carbonyl (C=O) groups is 1. The number of fused-ring (bicyclic) bond motifs is 1. The monoisotopic (exact) mass is 283 g/mol. The normalized spacial score (nSPS) is 17.2. The van der Waals surface area contributed by atoms with Gasteiger partial charge in [0.15, 0.2) is 0 Å². The number of benzene rings is 1. The minimum Gasteiger partial charge on any atom is -0.373 e. The van der Waals surface area contributed by atoms with Gasteiger partial charge in [-0.3, -0.25) is 4.79 Å². The fourth-order valence-electron chi connectivity index (χ4n) is 3.12. The lowest BCUT2D eigenvalue weighted by Gasteiger charge is -2.31. The first-order valence-corrected chi connectivity index (χ1v) is 7.42. The van der Waals surface area contributed by atoms with Gasteiger partial charge in [-0.15, -0.1) is 0 Å². The Morgan fingerprint density at radius 1 is 1.33 bits per heavy atom. The number of carbonyl (C=O) groups excluding carboxylic acids is 1. The Labute approximate surface area is 125 Å². The Hall–Kier alpha value is -2.10. The number of hydrogen-bond acceptors (Lipinski definition) is 3. The molecule has 4 nitrogen and oxygen atoms in total. The van der Waals surface area contributed by atoms with E-state index in [1.807, 2.05) is 42.3 Å². The van der Waals surface area contributed by atoms with E-state index in [1.165, 1.54) is 0 Å². The molecule has 0 saturated carbocycles. The minimum absolute atomic E-state index is 0.0275. The van der Waals surface area contributed by atoms with Crippen molar-refractivity contribution in [2.45, 2.75) is 32.2 Å². The van der Waals surface area contributed by atoms with Gasteiger partial charge in [0.25, 0.3) is 5.91 Å². The van der Waals surface area contributed by atoms with Gasteiger partial charge < -0.3 is 10.2 Å². The molecular weight excluding hydrogens is 262 g/mol. The second-order valence-electron chi connectivity index (χ2n) is 6.20. The number of hydrogen-bond donors (Lipinski definition) is 1. The van der Waals surface area contributed by atoms with E-state index in [0.29, 0.717) is 5.69 Å². The molecule has 0 unspecified atom stereocenters. The summed E-state index contributed by atoms with van der Waals surface area (Å²) in [6.07, 6.45) is 2.11. The summed E-state index contributed by atoms with van der Waals surface area (Å²) < 4.78 is 0. The number of pyridine rings is 1. The molecule has 1 amide bonds. The molecule has 21 heavy (non-hydrogen) atoms. The molecule has 0 atom stereocenters. The van der Waals surface area contributed by atoms with Crippen molar-refractivity contribution in [3.63, 3.8) is 0 Å². The smallest absolute Gasteiger partial charge is 0.273 e. The lowest BCUT2D eigenvalue weighted by molar-refractivity contribution is 0.0646. The third-order valence-corrected chi connectivity index (χ3v) is 4.34. The highest BCUT2D eigenvalue weighted by Crippen LogP contribution is 2.30. The zero-order valence-corrected chi connectivity index (χ0v) is 12.8. The van der Waals surface area contributed by atoms with Gasteiger partial charge >= 0.3 is 0 Å². The highest BCUT2D eigenvalue weighted by atomic mass is 16.2. The molecule has 1 aromatic carbocycles. The second-order valence-corrected chi connectivity index (χ2v) is 6.20. The van der Waals surface area contributed by atoms with E-state index in [4.69, 9.17) is 0 Å². The first-order valence-electron chi connectivity index (χ1n) is 7.42. The van der Waals surface area contributed by atoms with Crippen molar-refractivity contribution in [1.82, 2.24) is 9.88 Å². The number of aromatic nitrogens is 1. The summed E-state index contributed by atoms with van der Waals surface area (Å²) in [5.74, 6) is 0.785. The summed E-state index contributed by atoms with van der Waals surface area (Å²) >= 11 is 0. The lowest BCUT2D eigenvalue weighted by atomic mass is 10.0. The zero-order valence-electron chi connectivity index (χ0n) is 12.8. The molecule has 3 rings (SSSR count). The van der Waals surface area contributed by atoms with Crippen LogP contribution in [0.2, 0.25) is 0 Å². The zero-order chi connectivity index (χ0) is 15.0. The number of likely N-dealkylation sites (tertiary alicyclic amines) is 1. The van der Waals surface area contributed by atoms with Crippen molar-refractivity contribution in [2.24, 2.45) is 0 Å². The van der Waals surface area contributed by atoms with Crippen LogP contribution in [-0.2, 0) is 0 Å². The van der Waals surface area contributed by atoms with Gasteiger partial charge in [0.1, 0.15) is 11.5 Å². The van der Waals surface area contributed by atoms with Crippen LogP contribution in [0.25, 0.3) is 10.8 Å². The van der Waals surface area contributed by atoms with Crippen molar-refractivity contribution in [3.05, 3.63) is 36.0 Å². The average molecular weight is 283 g/mol. The second kappa shape index (κ2) is 5.02. The van der Waals surface area contributed by atoms with Gasteiger partial charge in [-0.1, -0.05) is 24.3 Å². The van der Waals surface area contributed by atoms with Gasteiger partial charge in [-0.2, -0.15) is 0 Å². The van der Waals surface area contributed by atoms with Crippen LogP contribution in [0.4, 0.5) is 5.82 Å². The molecular formula is C17H21N3O. The molecule has 0 radical (unpaired) electrons. The molecule has 0 bridgehead atoms. The number of anilines is 1. The van der Waals surface area contributed by atoms with Crippen LogP contribution in [0, 0.1) is 0 Å². The van der Waals surface area contributed by atoms with Gasteiger partial charge in [-0.25, -0.2) is 4.98 Å². The maximum atomic E-state index is 12.8. The molecule has 1 saturated heterocycles. The Balaban J connectivity index is 2.06. The minimum atomic E-state index is -0.0792. The molecule has 110 valence electrons. The van der Waals surface area contributed by atoms with Gasteiger partial charge in [-0.05, 0) is 38.1 Å². The highest BCUT2D eigenvalue weighted by molar-refractivity contribution is 6.00. The molecule has 1 aliphatic rings.